The van der Waals surface area contributed by atoms with Gasteiger partial charge in [0.05, 0.1) is 17.3 Å². The Bertz CT molecular complexity index is 809. The van der Waals surface area contributed by atoms with Crippen LogP contribution in [0.15, 0.2) is 24.3 Å². The van der Waals surface area contributed by atoms with Crippen molar-refractivity contribution in [3.63, 3.8) is 0 Å². The van der Waals surface area contributed by atoms with Crippen LogP contribution in [0.2, 0.25) is 0 Å². The first kappa shape index (κ1) is 28.9. The van der Waals surface area contributed by atoms with Gasteiger partial charge in [-0.25, -0.2) is 4.79 Å². The van der Waals surface area contributed by atoms with Crippen molar-refractivity contribution in [1.29, 1.82) is 0 Å². The summed E-state index contributed by atoms with van der Waals surface area (Å²) in [5.41, 5.74) is 0. The smallest absolute Gasteiger partial charge is 0.318 e. The summed E-state index contributed by atoms with van der Waals surface area (Å²) in [6, 6.07) is 7.09. The normalized spacial score (nSPS) is 18.0. The van der Waals surface area contributed by atoms with Crippen LogP contribution in [0.5, 0.6) is 11.5 Å². The molecule has 13 heteroatoms. The van der Waals surface area contributed by atoms with E-state index >= 15 is 0 Å². The van der Waals surface area contributed by atoms with Crippen molar-refractivity contribution in [1.82, 2.24) is 15.1 Å². The van der Waals surface area contributed by atoms with E-state index in [1.165, 1.54) is 0 Å². The fraction of sp³-hybridized carbons (Fsp3) is 0.667. The van der Waals surface area contributed by atoms with Crippen LogP contribution in [-0.2, 0) is 4.84 Å². The van der Waals surface area contributed by atoms with E-state index in [4.69, 9.17) is 9.47 Å². The highest BCUT2D eigenvalue weighted by Gasteiger charge is 2.37. The third-order valence-electron chi connectivity index (χ3n) is 5.76. The Labute approximate surface area is 226 Å². The minimum atomic E-state index is -0.779. The SMILES string of the molecule is COc1ccccc1OCC(O)CN(C)C(C)(I)C(I)NC(=O)N1CCC(CO[N+](=O)[O-])CC1. The fourth-order valence-electron chi connectivity index (χ4n) is 3.47. The van der Waals surface area contributed by atoms with Crippen LogP contribution in [-0.4, -0.2) is 86.7 Å². The summed E-state index contributed by atoms with van der Waals surface area (Å²) >= 11 is 4.46. The lowest BCUT2D eigenvalue weighted by atomic mass is 9.98. The maximum Gasteiger partial charge on any atom is 0.318 e. The van der Waals surface area contributed by atoms with E-state index in [0.717, 1.165) is 0 Å². The van der Waals surface area contributed by atoms with Gasteiger partial charge < -0.3 is 29.6 Å². The van der Waals surface area contributed by atoms with E-state index in [1.807, 2.05) is 31.0 Å². The summed E-state index contributed by atoms with van der Waals surface area (Å²) in [6.45, 7) is 3.54. The minimum absolute atomic E-state index is 0.0665. The van der Waals surface area contributed by atoms with Gasteiger partial charge in [0.25, 0.3) is 5.09 Å². The molecule has 0 bridgehead atoms. The molecule has 0 radical (unpaired) electrons. The van der Waals surface area contributed by atoms with E-state index in [-0.39, 0.29) is 29.2 Å². The number of hydrogen-bond acceptors (Lipinski definition) is 8. The number of hydrogen-bond donors (Lipinski definition) is 2. The lowest BCUT2D eigenvalue weighted by Gasteiger charge is -2.40. The highest BCUT2D eigenvalue weighted by Crippen LogP contribution is 2.31. The zero-order chi connectivity index (χ0) is 25.3. The van der Waals surface area contributed by atoms with E-state index in [2.05, 4.69) is 55.3 Å². The summed E-state index contributed by atoms with van der Waals surface area (Å²) in [4.78, 5) is 31.3. The number of ether oxygens (including phenoxy) is 2. The molecular weight excluding hydrogens is 674 g/mol. The van der Waals surface area contributed by atoms with Crippen molar-refractivity contribution in [2.24, 2.45) is 5.92 Å². The van der Waals surface area contributed by atoms with Crippen molar-refractivity contribution in [2.45, 2.75) is 33.5 Å². The number of nitrogens with zero attached hydrogens (tertiary/aromatic N) is 3. The van der Waals surface area contributed by atoms with Crippen LogP contribution in [0.1, 0.15) is 19.8 Å². The number of urea groups is 1. The van der Waals surface area contributed by atoms with Gasteiger partial charge in [0.2, 0.25) is 0 Å². The number of likely N-dealkylation sites (tertiary alicyclic amines) is 1. The molecule has 192 valence electrons. The molecule has 1 fully saturated rings. The molecule has 1 aliphatic rings. The first-order valence-corrected chi connectivity index (χ1v) is 13.2. The van der Waals surface area contributed by atoms with Crippen molar-refractivity contribution in [3.8, 4) is 11.5 Å². The van der Waals surface area contributed by atoms with Gasteiger partial charge in [-0.05, 0) is 44.9 Å². The first-order chi connectivity index (χ1) is 16.0. The van der Waals surface area contributed by atoms with Gasteiger partial charge in [-0.1, -0.05) is 57.3 Å². The zero-order valence-electron chi connectivity index (χ0n) is 19.5. The van der Waals surface area contributed by atoms with Crippen molar-refractivity contribution in [2.75, 3.05) is 47.0 Å². The van der Waals surface area contributed by atoms with E-state index < -0.39 is 14.7 Å². The maximum absolute atomic E-state index is 12.8. The lowest BCUT2D eigenvalue weighted by Crippen LogP contribution is -2.57. The monoisotopic (exact) mass is 706 g/mol. The molecule has 0 aromatic heterocycles. The molecule has 2 rings (SSSR count). The molecule has 2 amide bonds. The predicted molar refractivity (Wildman–Crippen MR) is 143 cm³/mol. The standard InChI is InChI=1S/C21H32I2N4O7/c1-21(23,25(2)12-16(28)14-33-18-7-5-4-6-17(18)32-3)19(22)24-20(29)26-10-8-15(9-11-26)13-34-27(30)31/h4-7,15-16,19,28H,8-14H2,1-3H3,(H,24,29). The molecule has 0 spiro atoms. The topological polar surface area (TPSA) is 127 Å². The van der Waals surface area contributed by atoms with E-state index in [0.29, 0.717) is 44.0 Å². The second-order valence-corrected chi connectivity index (χ2v) is 11.7. The molecule has 2 N–H and O–H groups in total. The molecular formula is C21H32I2N4O7. The minimum Gasteiger partial charge on any atom is -0.493 e. The number of carbonyl (C=O) groups excluding carboxylic acids is 1. The van der Waals surface area contributed by atoms with Crippen LogP contribution in [0.3, 0.4) is 0 Å². The molecule has 0 saturated carbocycles. The number of halogens is 2. The van der Waals surface area contributed by atoms with E-state index in [1.54, 1.807) is 24.1 Å². The number of methoxy groups -OCH3 is 1. The molecule has 3 atom stereocenters. The van der Waals surface area contributed by atoms with E-state index in [9.17, 15) is 20.0 Å². The number of alkyl halides is 2. The number of amides is 2. The Morgan fingerprint density at radius 3 is 2.59 bits per heavy atom. The highest BCUT2D eigenvalue weighted by molar-refractivity contribution is 14.1. The fourth-order valence-corrected chi connectivity index (χ4v) is 4.56. The second kappa shape index (κ2) is 13.7. The van der Waals surface area contributed by atoms with Crippen LogP contribution < -0.4 is 14.8 Å². The number of aliphatic hydroxyl groups excluding tert-OH is 1. The molecule has 1 aliphatic heterocycles. The first-order valence-electron chi connectivity index (χ1n) is 10.9. The number of likely N-dealkylation sites (N-methyl/N-ethyl adjacent to an activating group) is 1. The Kier molecular flexibility index (Phi) is 11.6. The summed E-state index contributed by atoms with van der Waals surface area (Å²) in [6.07, 6.45) is 0.573. The summed E-state index contributed by atoms with van der Waals surface area (Å²) in [7, 11) is 3.45. The molecule has 1 saturated heterocycles. The van der Waals surface area contributed by atoms with Gasteiger partial charge in [-0.2, -0.15) is 0 Å². The molecule has 1 heterocycles. The lowest BCUT2D eigenvalue weighted by molar-refractivity contribution is -0.759. The van der Waals surface area contributed by atoms with Gasteiger partial charge in [0, 0.05) is 19.6 Å². The molecule has 11 nitrogen and oxygen atoms in total. The summed E-state index contributed by atoms with van der Waals surface area (Å²) in [5.74, 6) is 1.24. The summed E-state index contributed by atoms with van der Waals surface area (Å²) in [5, 5.41) is 23.1. The van der Waals surface area contributed by atoms with Gasteiger partial charge in [0.1, 0.15) is 16.8 Å². The largest absolute Gasteiger partial charge is 0.493 e. The number of para-hydroxylation sites is 2. The van der Waals surface area contributed by atoms with Crippen LogP contribution in [0, 0.1) is 16.0 Å². The number of carbonyl (C=O) groups is 1. The van der Waals surface area contributed by atoms with Crippen LogP contribution >= 0.6 is 45.2 Å². The third-order valence-corrected chi connectivity index (χ3v) is 9.92. The number of rotatable bonds is 12. The van der Waals surface area contributed by atoms with Crippen LogP contribution in [0.25, 0.3) is 0 Å². The predicted octanol–water partition coefficient (Wildman–Crippen LogP) is 2.91. The molecule has 3 unspecified atom stereocenters. The Morgan fingerprint density at radius 1 is 1.38 bits per heavy atom. The second-order valence-electron chi connectivity index (χ2n) is 8.28. The van der Waals surface area contributed by atoms with Crippen molar-refractivity contribution >= 4 is 51.2 Å². The Morgan fingerprint density at radius 2 is 2.00 bits per heavy atom. The van der Waals surface area contributed by atoms with Gasteiger partial charge in [0.15, 0.2) is 11.5 Å². The third kappa shape index (κ3) is 8.71. The highest BCUT2D eigenvalue weighted by atomic mass is 127. The number of piperidine rings is 1. The quantitative estimate of drug-likeness (QED) is 0.112. The average Bonchev–Trinajstić information content (AvgIpc) is 2.81. The van der Waals surface area contributed by atoms with Gasteiger partial charge >= 0.3 is 6.03 Å². The van der Waals surface area contributed by atoms with Crippen molar-refractivity contribution < 1.29 is 29.3 Å². The Hall–Kier alpha value is -1.33. The Balaban J connectivity index is 1.80. The zero-order valence-corrected chi connectivity index (χ0v) is 23.8. The number of nitrogens with one attached hydrogen (secondary N) is 1. The average molecular weight is 706 g/mol. The van der Waals surface area contributed by atoms with Crippen LogP contribution in [0.4, 0.5) is 4.79 Å². The number of benzene rings is 1. The molecule has 1 aromatic rings. The molecule has 34 heavy (non-hydrogen) atoms. The molecule has 0 aliphatic carbocycles. The summed E-state index contributed by atoms with van der Waals surface area (Å²) < 4.78 is 10.2. The van der Waals surface area contributed by atoms with Crippen molar-refractivity contribution in [3.05, 3.63) is 34.4 Å². The maximum atomic E-state index is 12.8. The number of aliphatic hydroxyl groups is 1. The van der Waals surface area contributed by atoms with Gasteiger partial charge in [-0.15, -0.1) is 10.1 Å². The van der Waals surface area contributed by atoms with Gasteiger partial charge in [-0.3, -0.25) is 4.90 Å². The molecule has 1 aromatic carbocycles.